The molecular weight excluding hydrogens is 371 g/mol. The van der Waals surface area contributed by atoms with E-state index in [-0.39, 0.29) is 5.82 Å². The van der Waals surface area contributed by atoms with Gasteiger partial charge in [0.15, 0.2) is 0 Å². The monoisotopic (exact) mass is 394 g/mol. The fourth-order valence-corrected chi connectivity index (χ4v) is 4.02. The van der Waals surface area contributed by atoms with Crippen LogP contribution < -0.4 is 0 Å². The quantitative estimate of drug-likeness (QED) is 0.649. The van der Waals surface area contributed by atoms with Crippen LogP contribution in [0.3, 0.4) is 0 Å². The molecular formula is C22H23FN4O2. The van der Waals surface area contributed by atoms with Crippen molar-refractivity contribution in [1.29, 1.82) is 0 Å². The van der Waals surface area contributed by atoms with Gasteiger partial charge in [0, 0.05) is 36.9 Å². The summed E-state index contributed by atoms with van der Waals surface area (Å²) in [6, 6.07) is 6.55. The number of carboxylic acids is 1. The average molecular weight is 394 g/mol. The zero-order valence-corrected chi connectivity index (χ0v) is 16.0. The molecule has 4 rings (SSSR count). The maximum Gasteiger partial charge on any atom is 0.328 e. The molecule has 1 N–H and O–H groups in total. The van der Waals surface area contributed by atoms with Crippen LogP contribution in [-0.4, -0.2) is 50.1 Å². The lowest BCUT2D eigenvalue weighted by molar-refractivity contribution is -0.131. The fraction of sp³-hybridized carbons (Fsp3) is 0.318. The number of hydrogen-bond acceptors (Lipinski definition) is 4. The minimum absolute atomic E-state index is 0.237. The summed E-state index contributed by atoms with van der Waals surface area (Å²) in [7, 11) is 0. The topological polar surface area (TPSA) is 71.2 Å². The highest BCUT2D eigenvalue weighted by molar-refractivity contribution is 5.80. The Hall–Kier alpha value is -3.06. The van der Waals surface area contributed by atoms with Gasteiger partial charge < -0.3 is 9.67 Å². The lowest BCUT2D eigenvalue weighted by Gasteiger charge is -2.31. The smallest absolute Gasteiger partial charge is 0.328 e. The van der Waals surface area contributed by atoms with Crippen LogP contribution in [0.15, 0.2) is 55.1 Å². The molecule has 29 heavy (non-hydrogen) atoms. The van der Waals surface area contributed by atoms with Gasteiger partial charge in [0.1, 0.15) is 17.8 Å². The third-order valence-electron chi connectivity index (χ3n) is 5.49. The molecule has 1 aliphatic rings. The van der Waals surface area contributed by atoms with E-state index in [4.69, 9.17) is 5.11 Å². The summed E-state index contributed by atoms with van der Waals surface area (Å²) in [5.74, 6) is -0.731. The van der Waals surface area contributed by atoms with E-state index >= 15 is 0 Å². The highest BCUT2D eigenvalue weighted by Crippen LogP contribution is 2.33. The minimum atomic E-state index is -0.908. The van der Waals surface area contributed by atoms with Crippen molar-refractivity contribution in [2.24, 2.45) is 0 Å². The number of benzene rings is 1. The summed E-state index contributed by atoms with van der Waals surface area (Å²) >= 11 is 0. The first-order valence-corrected chi connectivity index (χ1v) is 9.75. The molecule has 6 nitrogen and oxygen atoms in total. The zero-order valence-electron chi connectivity index (χ0n) is 16.0. The van der Waals surface area contributed by atoms with E-state index in [1.807, 2.05) is 6.20 Å². The molecule has 3 heterocycles. The van der Waals surface area contributed by atoms with Crippen molar-refractivity contribution in [2.75, 3.05) is 19.6 Å². The van der Waals surface area contributed by atoms with E-state index in [0.29, 0.717) is 19.0 Å². The largest absolute Gasteiger partial charge is 0.478 e. The molecule has 0 spiro atoms. The van der Waals surface area contributed by atoms with E-state index < -0.39 is 5.97 Å². The molecule has 0 saturated carbocycles. The van der Waals surface area contributed by atoms with Crippen molar-refractivity contribution in [2.45, 2.75) is 25.3 Å². The molecule has 0 amide bonds. The summed E-state index contributed by atoms with van der Waals surface area (Å²) in [6.45, 7) is 3.14. The summed E-state index contributed by atoms with van der Waals surface area (Å²) in [6.07, 6.45) is 10.5. The molecule has 0 aliphatic carbocycles. The number of rotatable bonds is 6. The Bertz CT molecular complexity index is 1020. The third kappa shape index (κ3) is 4.51. The van der Waals surface area contributed by atoms with Crippen LogP contribution in [0.4, 0.5) is 4.39 Å². The Morgan fingerprint density at radius 1 is 1.24 bits per heavy atom. The molecule has 1 fully saturated rings. The molecule has 0 atom stereocenters. The van der Waals surface area contributed by atoms with Gasteiger partial charge in [-0.1, -0.05) is 18.2 Å². The van der Waals surface area contributed by atoms with Crippen molar-refractivity contribution in [3.05, 3.63) is 72.1 Å². The van der Waals surface area contributed by atoms with Crippen molar-refractivity contribution in [3.63, 3.8) is 0 Å². The van der Waals surface area contributed by atoms with Crippen LogP contribution in [0.5, 0.6) is 0 Å². The van der Waals surface area contributed by atoms with E-state index in [9.17, 15) is 9.18 Å². The van der Waals surface area contributed by atoms with Crippen LogP contribution in [-0.2, 0) is 11.3 Å². The van der Waals surface area contributed by atoms with Crippen LogP contribution in [0.25, 0.3) is 11.0 Å². The highest BCUT2D eigenvalue weighted by Gasteiger charge is 2.24. The lowest BCUT2D eigenvalue weighted by Crippen LogP contribution is -2.33. The first-order valence-electron chi connectivity index (χ1n) is 9.75. The molecule has 1 aromatic carbocycles. The van der Waals surface area contributed by atoms with Gasteiger partial charge >= 0.3 is 5.97 Å². The molecule has 2 aromatic heterocycles. The number of aromatic nitrogens is 3. The summed E-state index contributed by atoms with van der Waals surface area (Å²) in [5, 5.41) is 9.79. The van der Waals surface area contributed by atoms with Crippen LogP contribution in [0.2, 0.25) is 0 Å². The minimum Gasteiger partial charge on any atom is -0.478 e. The first-order chi connectivity index (χ1) is 14.1. The van der Waals surface area contributed by atoms with Crippen molar-refractivity contribution in [1.82, 2.24) is 19.4 Å². The number of aliphatic carboxylic acids is 1. The van der Waals surface area contributed by atoms with Crippen LogP contribution in [0, 0.1) is 5.82 Å². The second-order valence-corrected chi connectivity index (χ2v) is 7.41. The molecule has 1 aliphatic heterocycles. The van der Waals surface area contributed by atoms with Gasteiger partial charge in [-0.3, -0.25) is 4.90 Å². The van der Waals surface area contributed by atoms with E-state index in [1.165, 1.54) is 23.8 Å². The Morgan fingerprint density at radius 2 is 2.00 bits per heavy atom. The van der Waals surface area contributed by atoms with E-state index in [0.717, 1.165) is 42.5 Å². The normalized spacial score (nSPS) is 16.0. The number of halogens is 1. The van der Waals surface area contributed by atoms with Gasteiger partial charge in [-0.15, -0.1) is 0 Å². The summed E-state index contributed by atoms with van der Waals surface area (Å²) in [4.78, 5) is 21.6. The molecule has 1 saturated heterocycles. The van der Waals surface area contributed by atoms with Gasteiger partial charge in [-0.25, -0.2) is 19.2 Å². The van der Waals surface area contributed by atoms with Gasteiger partial charge in [-0.2, -0.15) is 0 Å². The Morgan fingerprint density at radius 3 is 2.72 bits per heavy atom. The van der Waals surface area contributed by atoms with Crippen LogP contribution in [0.1, 0.15) is 29.9 Å². The fourth-order valence-electron chi connectivity index (χ4n) is 4.02. The molecule has 0 bridgehead atoms. The number of piperidine rings is 1. The predicted octanol–water partition coefficient (Wildman–Crippen LogP) is 3.44. The van der Waals surface area contributed by atoms with Gasteiger partial charge in [0.25, 0.3) is 0 Å². The van der Waals surface area contributed by atoms with Crippen LogP contribution >= 0.6 is 0 Å². The number of nitrogens with zero attached hydrogens (tertiary/aromatic N) is 4. The van der Waals surface area contributed by atoms with Gasteiger partial charge in [-0.05, 0) is 55.1 Å². The summed E-state index contributed by atoms with van der Waals surface area (Å²) in [5.41, 5.74) is 3.17. The van der Waals surface area contributed by atoms with Gasteiger partial charge in [0.05, 0.1) is 0 Å². The standard InChI is InChI=1S/C22H23FN4O2/c23-18-5-3-16(4-6-18)13-27-14-20(19-12-24-15-25-22(19)27)17-7-10-26(11-8-17)9-1-2-21(28)29/h1-6,12,14-15,17H,7-11,13H2,(H,28,29). The molecule has 150 valence electrons. The van der Waals surface area contributed by atoms with E-state index in [1.54, 1.807) is 24.5 Å². The van der Waals surface area contributed by atoms with Crippen molar-refractivity contribution >= 4 is 17.0 Å². The van der Waals surface area contributed by atoms with E-state index in [2.05, 4.69) is 25.6 Å². The predicted molar refractivity (Wildman–Crippen MR) is 108 cm³/mol. The van der Waals surface area contributed by atoms with Gasteiger partial charge in [0.2, 0.25) is 0 Å². The Balaban J connectivity index is 1.51. The highest BCUT2D eigenvalue weighted by atomic mass is 19.1. The van der Waals surface area contributed by atoms with Crippen molar-refractivity contribution < 1.29 is 14.3 Å². The first kappa shape index (κ1) is 19.3. The maximum atomic E-state index is 13.2. The average Bonchev–Trinajstić information content (AvgIpc) is 3.09. The van der Waals surface area contributed by atoms with Crippen molar-refractivity contribution in [3.8, 4) is 0 Å². The second kappa shape index (κ2) is 8.53. The number of carboxylic acid groups (broad SMARTS) is 1. The number of fused-ring (bicyclic) bond motifs is 1. The number of hydrogen-bond donors (Lipinski definition) is 1. The Labute approximate surface area is 168 Å². The number of likely N-dealkylation sites (tertiary alicyclic amines) is 1. The molecule has 0 radical (unpaired) electrons. The molecule has 0 unspecified atom stereocenters. The molecule has 3 aromatic rings. The Kier molecular flexibility index (Phi) is 5.67. The lowest BCUT2D eigenvalue weighted by atomic mass is 9.90. The second-order valence-electron chi connectivity index (χ2n) is 7.41. The SMILES string of the molecule is O=C(O)C=CCN1CCC(c2cn(Cc3ccc(F)cc3)c3ncncc23)CC1. The zero-order chi connectivity index (χ0) is 20.2. The molecule has 7 heteroatoms. The third-order valence-corrected chi connectivity index (χ3v) is 5.49. The maximum absolute atomic E-state index is 13.2. The summed E-state index contributed by atoms with van der Waals surface area (Å²) < 4.78 is 15.3. The number of carbonyl (C=O) groups is 1.